The van der Waals surface area contributed by atoms with Gasteiger partial charge in [0.05, 0.1) is 11.4 Å². The number of aryl methyl sites for hydroxylation is 2. The number of rotatable bonds is 4. The van der Waals surface area contributed by atoms with Crippen LogP contribution in [0, 0.1) is 0 Å². The van der Waals surface area contributed by atoms with Crippen molar-refractivity contribution in [3.63, 3.8) is 0 Å². The summed E-state index contributed by atoms with van der Waals surface area (Å²) in [6.45, 7) is 4.08. The molecule has 1 unspecified atom stereocenters. The van der Waals surface area contributed by atoms with Gasteiger partial charge in [-0.15, -0.1) is 0 Å². The van der Waals surface area contributed by atoms with Crippen molar-refractivity contribution < 1.29 is 9.59 Å². The fourth-order valence-electron chi connectivity index (χ4n) is 3.44. The summed E-state index contributed by atoms with van der Waals surface area (Å²) < 4.78 is 0. The van der Waals surface area contributed by atoms with Crippen molar-refractivity contribution >= 4 is 23.1 Å². The first-order chi connectivity index (χ1) is 10.6. The lowest BCUT2D eigenvalue weighted by Gasteiger charge is -2.36. The second kappa shape index (κ2) is 6.11. The van der Waals surface area contributed by atoms with E-state index in [0.29, 0.717) is 13.0 Å². The molecular weight excluding hydrogens is 276 g/mol. The molecule has 22 heavy (non-hydrogen) atoms. The highest BCUT2D eigenvalue weighted by Gasteiger charge is 2.32. The van der Waals surface area contributed by atoms with E-state index in [0.717, 1.165) is 30.6 Å². The maximum atomic E-state index is 12.7. The third-order valence-corrected chi connectivity index (χ3v) is 4.74. The molecule has 1 aliphatic carbocycles. The van der Waals surface area contributed by atoms with Crippen molar-refractivity contribution in [3.05, 3.63) is 23.3 Å². The summed E-state index contributed by atoms with van der Waals surface area (Å²) >= 11 is 0. The molecule has 1 aliphatic heterocycles. The first kappa shape index (κ1) is 15.1. The number of hydrogen-bond donors (Lipinski definition) is 1. The zero-order valence-corrected chi connectivity index (χ0v) is 13.4. The van der Waals surface area contributed by atoms with E-state index in [4.69, 9.17) is 0 Å². The van der Waals surface area contributed by atoms with Gasteiger partial charge in [-0.3, -0.25) is 9.59 Å². The fraction of sp³-hybridized carbons (Fsp3) is 0.556. The second-order valence-corrected chi connectivity index (χ2v) is 6.39. The maximum absolute atomic E-state index is 12.7. The largest absolute Gasteiger partial charge is 0.372 e. The average molecular weight is 300 g/mol. The van der Waals surface area contributed by atoms with Crippen LogP contribution in [0.1, 0.15) is 50.7 Å². The molecule has 1 N–H and O–H groups in total. The molecule has 0 radical (unpaired) electrons. The van der Waals surface area contributed by atoms with Crippen molar-refractivity contribution in [1.82, 2.24) is 0 Å². The van der Waals surface area contributed by atoms with Crippen molar-refractivity contribution in [2.24, 2.45) is 0 Å². The van der Waals surface area contributed by atoms with Crippen LogP contribution in [0.25, 0.3) is 0 Å². The maximum Gasteiger partial charge on any atom is 0.249 e. The monoisotopic (exact) mass is 300 g/mol. The van der Waals surface area contributed by atoms with Gasteiger partial charge in [0, 0.05) is 13.0 Å². The van der Waals surface area contributed by atoms with E-state index < -0.39 is 0 Å². The Morgan fingerprint density at radius 1 is 1.27 bits per heavy atom. The molecule has 1 atom stereocenters. The number of Topliss-reactive ketones (excluding diaryl/α,β-unsaturated/α-hetero) is 1. The lowest BCUT2D eigenvalue weighted by Crippen LogP contribution is -2.47. The summed E-state index contributed by atoms with van der Waals surface area (Å²) in [6, 6.07) is 4.21. The van der Waals surface area contributed by atoms with Gasteiger partial charge < -0.3 is 10.2 Å². The number of ketones is 1. The first-order valence-corrected chi connectivity index (χ1v) is 8.33. The van der Waals surface area contributed by atoms with Crippen LogP contribution in [0.5, 0.6) is 0 Å². The van der Waals surface area contributed by atoms with E-state index >= 15 is 0 Å². The highest BCUT2D eigenvalue weighted by atomic mass is 16.2. The number of anilines is 2. The number of carbonyl (C=O) groups excluding carboxylic acids is 2. The Morgan fingerprint density at radius 3 is 2.59 bits per heavy atom. The standard InChI is InChI=1S/C18H24N2O2/c1-3-15-18(22)20(9-8-12(2)21)17-11-14-7-5-4-6-13(14)10-16(17)19-15/h10-11,15,19H,3-9H2,1-2H3. The summed E-state index contributed by atoms with van der Waals surface area (Å²) in [6.07, 6.45) is 5.86. The van der Waals surface area contributed by atoms with Crippen LogP contribution in [0.4, 0.5) is 11.4 Å². The molecule has 118 valence electrons. The van der Waals surface area contributed by atoms with Gasteiger partial charge in [0.1, 0.15) is 11.8 Å². The Kier molecular flexibility index (Phi) is 4.19. The van der Waals surface area contributed by atoms with E-state index in [1.54, 1.807) is 6.92 Å². The van der Waals surface area contributed by atoms with E-state index in [9.17, 15) is 9.59 Å². The SMILES string of the molecule is CCC1Nc2cc3c(cc2N(CCC(C)=O)C1=O)CCCC3. The minimum Gasteiger partial charge on any atom is -0.372 e. The van der Waals surface area contributed by atoms with Gasteiger partial charge in [0.2, 0.25) is 5.91 Å². The van der Waals surface area contributed by atoms with Crippen molar-refractivity contribution in [2.75, 3.05) is 16.8 Å². The second-order valence-electron chi connectivity index (χ2n) is 6.39. The van der Waals surface area contributed by atoms with Gasteiger partial charge in [0.25, 0.3) is 0 Å². The molecule has 0 spiro atoms. The normalized spacial score (nSPS) is 20.2. The topological polar surface area (TPSA) is 49.4 Å². The molecule has 1 aromatic rings. The lowest BCUT2D eigenvalue weighted by atomic mass is 9.89. The zero-order chi connectivity index (χ0) is 15.7. The Morgan fingerprint density at radius 2 is 1.95 bits per heavy atom. The molecule has 4 nitrogen and oxygen atoms in total. The molecule has 2 aliphatic rings. The molecule has 3 rings (SSSR count). The Hall–Kier alpha value is -1.84. The number of nitrogens with one attached hydrogen (secondary N) is 1. The quantitative estimate of drug-likeness (QED) is 0.929. The molecule has 1 amide bonds. The highest BCUT2D eigenvalue weighted by Crippen LogP contribution is 2.37. The van der Waals surface area contributed by atoms with Crippen LogP contribution in [0.3, 0.4) is 0 Å². The molecule has 0 saturated heterocycles. The third-order valence-electron chi connectivity index (χ3n) is 4.74. The van der Waals surface area contributed by atoms with E-state index in [1.165, 1.54) is 24.0 Å². The van der Waals surface area contributed by atoms with E-state index in [-0.39, 0.29) is 17.7 Å². The van der Waals surface area contributed by atoms with Crippen LogP contribution in [0.2, 0.25) is 0 Å². The van der Waals surface area contributed by atoms with Crippen LogP contribution in [-0.2, 0) is 22.4 Å². The average Bonchev–Trinajstić information content (AvgIpc) is 2.51. The van der Waals surface area contributed by atoms with E-state index in [2.05, 4.69) is 17.4 Å². The minimum absolute atomic E-state index is 0.0898. The van der Waals surface area contributed by atoms with Crippen molar-refractivity contribution in [3.8, 4) is 0 Å². The van der Waals surface area contributed by atoms with Gasteiger partial charge in [-0.25, -0.2) is 0 Å². The molecule has 1 aromatic carbocycles. The molecule has 0 saturated carbocycles. The number of hydrogen-bond acceptors (Lipinski definition) is 3. The summed E-state index contributed by atoms with van der Waals surface area (Å²) in [5, 5.41) is 3.39. The van der Waals surface area contributed by atoms with E-state index in [1.807, 2.05) is 11.8 Å². The number of fused-ring (bicyclic) bond motifs is 2. The van der Waals surface area contributed by atoms with Crippen LogP contribution in [-0.4, -0.2) is 24.3 Å². The van der Waals surface area contributed by atoms with Crippen LogP contribution >= 0.6 is 0 Å². The molecule has 1 heterocycles. The summed E-state index contributed by atoms with van der Waals surface area (Å²) in [4.78, 5) is 25.8. The third kappa shape index (κ3) is 2.74. The lowest BCUT2D eigenvalue weighted by molar-refractivity contribution is -0.119. The number of nitrogens with zero attached hydrogens (tertiary/aromatic N) is 1. The Labute approximate surface area is 131 Å². The molecular formula is C18H24N2O2. The predicted octanol–water partition coefficient (Wildman–Crippen LogP) is 3.08. The Balaban J connectivity index is 1.99. The van der Waals surface area contributed by atoms with Gasteiger partial charge >= 0.3 is 0 Å². The van der Waals surface area contributed by atoms with Gasteiger partial charge in [-0.2, -0.15) is 0 Å². The predicted molar refractivity (Wildman–Crippen MR) is 88.4 cm³/mol. The zero-order valence-electron chi connectivity index (χ0n) is 13.4. The van der Waals surface area contributed by atoms with Crippen molar-refractivity contribution in [2.45, 2.75) is 58.4 Å². The molecule has 0 aromatic heterocycles. The number of amides is 1. The molecule has 0 fully saturated rings. The molecule has 4 heteroatoms. The van der Waals surface area contributed by atoms with Crippen LogP contribution in [0.15, 0.2) is 12.1 Å². The van der Waals surface area contributed by atoms with Gasteiger partial charge in [-0.1, -0.05) is 6.92 Å². The summed E-state index contributed by atoms with van der Waals surface area (Å²) in [7, 11) is 0. The Bertz CT molecular complexity index is 609. The molecule has 0 bridgehead atoms. The summed E-state index contributed by atoms with van der Waals surface area (Å²) in [5.41, 5.74) is 4.78. The minimum atomic E-state index is -0.180. The van der Waals surface area contributed by atoms with Gasteiger partial charge in [0.15, 0.2) is 0 Å². The number of benzene rings is 1. The van der Waals surface area contributed by atoms with Crippen LogP contribution < -0.4 is 10.2 Å². The summed E-state index contributed by atoms with van der Waals surface area (Å²) in [5.74, 6) is 0.214. The van der Waals surface area contributed by atoms with Crippen molar-refractivity contribution in [1.29, 1.82) is 0 Å². The van der Waals surface area contributed by atoms with Gasteiger partial charge in [-0.05, 0) is 62.3 Å². The highest BCUT2D eigenvalue weighted by molar-refractivity contribution is 6.05. The smallest absolute Gasteiger partial charge is 0.249 e. The first-order valence-electron chi connectivity index (χ1n) is 8.33. The fourth-order valence-corrected chi connectivity index (χ4v) is 3.44. The number of carbonyl (C=O) groups is 2.